The Bertz CT molecular complexity index is 1370. The number of rotatable bonds is 4. The molecule has 182 valence electrons. The Morgan fingerprint density at radius 1 is 1.18 bits per heavy atom. The van der Waals surface area contributed by atoms with Crippen molar-refractivity contribution in [3.05, 3.63) is 47.3 Å². The molecular weight excluding hydrogens is 475 g/mol. The molecule has 0 unspecified atom stereocenters. The molecule has 1 aliphatic rings. The summed E-state index contributed by atoms with van der Waals surface area (Å²) in [6.07, 6.45) is -0.302. The van der Waals surface area contributed by atoms with Crippen molar-refractivity contribution in [1.82, 2.24) is 14.5 Å². The molecule has 0 aliphatic carbocycles. The van der Waals surface area contributed by atoms with E-state index in [0.29, 0.717) is 17.6 Å². The van der Waals surface area contributed by atoms with E-state index in [0.717, 1.165) is 18.4 Å². The van der Waals surface area contributed by atoms with Gasteiger partial charge in [-0.3, -0.25) is 0 Å². The number of fused-ring (bicyclic) bond motifs is 1. The monoisotopic (exact) mass is 497 g/mol. The number of carbonyl (C=O) groups excluding carboxylic acids is 1. The van der Waals surface area contributed by atoms with E-state index in [-0.39, 0.29) is 31.0 Å². The Labute approximate surface area is 193 Å². The fourth-order valence-corrected chi connectivity index (χ4v) is 4.57. The van der Waals surface area contributed by atoms with Gasteiger partial charge in [0.2, 0.25) is 0 Å². The molecule has 2 aromatic carbocycles. The summed E-state index contributed by atoms with van der Waals surface area (Å²) in [5, 5.41) is 0. The van der Waals surface area contributed by atoms with Crippen molar-refractivity contribution in [1.29, 1.82) is 0 Å². The van der Waals surface area contributed by atoms with Gasteiger partial charge < -0.3 is 18.9 Å². The molecule has 0 spiro atoms. The van der Waals surface area contributed by atoms with Gasteiger partial charge in [-0.1, -0.05) is 0 Å². The molecule has 1 amide bonds. The van der Waals surface area contributed by atoms with Crippen LogP contribution in [-0.4, -0.2) is 68.1 Å². The highest BCUT2D eigenvalue weighted by molar-refractivity contribution is 7.90. The van der Waals surface area contributed by atoms with Gasteiger partial charge in [-0.2, -0.15) is 0 Å². The first-order chi connectivity index (χ1) is 16.0. The SMILES string of the molecule is COC(=O)N1CCO[C@@H](Cn2c(-c3c(F)cc(S(C)(=O)=O)cc3F)nc3cc(C)c(F)cc32)C1. The van der Waals surface area contributed by atoms with Crippen LogP contribution < -0.4 is 0 Å². The maximum atomic E-state index is 15.1. The maximum Gasteiger partial charge on any atom is 0.409 e. The predicted octanol–water partition coefficient (Wildman–Crippen LogP) is 3.30. The average Bonchev–Trinajstić information content (AvgIpc) is 3.09. The van der Waals surface area contributed by atoms with Crippen LogP contribution in [0.15, 0.2) is 29.2 Å². The third kappa shape index (κ3) is 4.47. The number of imidazole rings is 1. The summed E-state index contributed by atoms with van der Waals surface area (Å²) in [5.74, 6) is -2.95. The second kappa shape index (κ2) is 8.91. The Morgan fingerprint density at radius 3 is 2.47 bits per heavy atom. The van der Waals surface area contributed by atoms with Crippen molar-refractivity contribution >= 4 is 27.0 Å². The minimum Gasteiger partial charge on any atom is -0.453 e. The number of morpholine rings is 1. The number of amides is 1. The average molecular weight is 497 g/mol. The van der Waals surface area contributed by atoms with Gasteiger partial charge in [0.05, 0.1) is 54.4 Å². The third-order valence-corrected chi connectivity index (χ3v) is 6.75. The summed E-state index contributed by atoms with van der Waals surface area (Å²) in [6, 6.07) is 4.11. The number of benzene rings is 2. The normalized spacial score (nSPS) is 16.8. The van der Waals surface area contributed by atoms with Crippen molar-refractivity contribution < 1.29 is 35.9 Å². The number of hydrogen-bond donors (Lipinski definition) is 0. The highest BCUT2D eigenvalue weighted by Crippen LogP contribution is 2.32. The lowest BCUT2D eigenvalue weighted by Crippen LogP contribution is -2.47. The fourth-order valence-electron chi connectivity index (χ4n) is 3.93. The fraction of sp³-hybridized carbons (Fsp3) is 0.364. The van der Waals surface area contributed by atoms with E-state index < -0.39 is 49.9 Å². The van der Waals surface area contributed by atoms with E-state index in [1.807, 2.05) is 0 Å². The Morgan fingerprint density at radius 2 is 1.85 bits per heavy atom. The van der Waals surface area contributed by atoms with Crippen molar-refractivity contribution in [2.24, 2.45) is 0 Å². The Hall–Kier alpha value is -3.12. The molecule has 1 fully saturated rings. The molecule has 2 heterocycles. The first-order valence-electron chi connectivity index (χ1n) is 10.3. The second-order valence-corrected chi connectivity index (χ2v) is 10.1. The molecule has 0 N–H and O–H groups in total. The lowest BCUT2D eigenvalue weighted by Gasteiger charge is -2.32. The lowest BCUT2D eigenvalue weighted by atomic mass is 10.1. The molecule has 0 bridgehead atoms. The standard InChI is InChI=1S/C22H22F3N3O5S/c1-12-6-18-19(9-15(12)23)28(11-13-10-27(4-5-33-13)22(29)32-2)21(26-18)20-16(24)7-14(8-17(20)25)34(3,30)31/h6-9,13H,4-5,10-11H2,1-3H3/t13-/m1/s1. The zero-order valence-electron chi connectivity index (χ0n) is 18.6. The highest BCUT2D eigenvalue weighted by Gasteiger charge is 2.29. The number of ether oxygens (including phenoxy) is 2. The number of hydrogen-bond acceptors (Lipinski definition) is 6. The van der Waals surface area contributed by atoms with Crippen LogP contribution in [0.1, 0.15) is 5.56 Å². The largest absolute Gasteiger partial charge is 0.453 e. The molecule has 3 aromatic rings. The first kappa shape index (κ1) is 24.0. The Balaban J connectivity index is 1.85. The van der Waals surface area contributed by atoms with Gasteiger partial charge in [-0.25, -0.2) is 31.4 Å². The summed E-state index contributed by atoms with van der Waals surface area (Å²) in [6.45, 7) is 2.19. The summed E-state index contributed by atoms with van der Waals surface area (Å²) < 4.78 is 80.0. The molecule has 4 rings (SSSR count). The molecule has 1 saturated heterocycles. The van der Waals surface area contributed by atoms with Crippen molar-refractivity contribution in [2.45, 2.75) is 24.5 Å². The van der Waals surface area contributed by atoms with Gasteiger partial charge >= 0.3 is 6.09 Å². The van der Waals surface area contributed by atoms with Gasteiger partial charge in [0.1, 0.15) is 23.3 Å². The van der Waals surface area contributed by atoms with E-state index in [9.17, 15) is 17.6 Å². The minimum absolute atomic E-state index is 0.00542. The zero-order valence-corrected chi connectivity index (χ0v) is 19.5. The van der Waals surface area contributed by atoms with Crippen LogP contribution in [0, 0.1) is 24.4 Å². The van der Waals surface area contributed by atoms with Gasteiger partial charge in [-0.15, -0.1) is 0 Å². The quantitative estimate of drug-likeness (QED) is 0.550. The molecule has 12 heteroatoms. The number of halogens is 3. The van der Waals surface area contributed by atoms with E-state index in [4.69, 9.17) is 9.47 Å². The van der Waals surface area contributed by atoms with Gasteiger partial charge in [0, 0.05) is 18.9 Å². The molecule has 1 atom stereocenters. The summed E-state index contributed by atoms with van der Waals surface area (Å²) in [7, 11) is -2.60. The number of aryl methyl sites for hydroxylation is 1. The van der Waals surface area contributed by atoms with E-state index >= 15 is 8.78 Å². The van der Waals surface area contributed by atoms with Crippen LogP contribution in [0.25, 0.3) is 22.4 Å². The molecule has 1 aromatic heterocycles. The van der Waals surface area contributed by atoms with Crippen molar-refractivity contribution in [2.75, 3.05) is 33.1 Å². The number of nitrogens with zero attached hydrogens (tertiary/aromatic N) is 3. The smallest absolute Gasteiger partial charge is 0.409 e. The van der Waals surface area contributed by atoms with Gasteiger partial charge in [0.25, 0.3) is 0 Å². The molecule has 8 nitrogen and oxygen atoms in total. The molecular formula is C22H22F3N3O5S. The van der Waals surface area contributed by atoms with Crippen molar-refractivity contribution in [3.63, 3.8) is 0 Å². The molecule has 0 saturated carbocycles. The van der Waals surface area contributed by atoms with Crippen LogP contribution in [0.4, 0.5) is 18.0 Å². The second-order valence-electron chi connectivity index (χ2n) is 8.08. The minimum atomic E-state index is -3.86. The van der Waals surface area contributed by atoms with E-state index in [2.05, 4.69) is 4.98 Å². The zero-order chi connectivity index (χ0) is 24.8. The van der Waals surface area contributed by atoms with E-state index in [1.165, 1.54) is 35.6 Å². The van der Waals surface area contributed by atoms with Gasteiger partial charge in [0.15, 0.2) is 9.84 Å². The summed E-state index contributed by atoms with van der Waals surface area (Å²) in [5.41, 5.74) is 0.300. The van der Waals surface area contributed by atoms with Crippen LogP contribution in [0.2, 0.25) is 0 Å². The summed E-state index contributed by atoms with van der Waals surface area (Å²) >= 11 is 0. The van der Waals surface area contributed by atoms with Crippen molar-refractivity contribution in [3.8, 4) is 11.4 Å². The molecule has 34 heavy (non-hydrogen) atoms. The molecule has 0 radical (unpaired) electrons. The van der Waals surface area contributed by atoms with Crippen LogP contribution >= 0.6 is 0 Å². The van der Waals surface area contributed by atoms with Crippen LogP contribution in [-0.2, 0) is 25.9 Å². The number of sulfone groups is 1. The first-order valence-corrected chi connectivity index (χ1v) is 12.2. The van der Waals surface area contributed by atoms with Gasteiger partial charge in [-0.05, 0) is 30.7 Å². The molecule has 1 aliphatic heterocycles. The summed E-state index contributed by atoms with van der Waals surface area (Å²) in [4.78, 5) is 17.2. The third-order valence-electron chi connectivity index (χ3n) is 5.65. The lowest BCUT2D eigenvalue weighted by molar-refractivity contribution is -0.0310. The topological polar surface area (TPSA) is 90.7 Å². The van der Waals surface area contributed by atoms with E-state index in [1.54, 1.807) is 0 Å². The van der Waals surface area contributed by atoms with Crippen LogP contribution in [0.5, 0.6) is 0 Å². The highest BCUT2D eigenvalue weighted by atomic mass is 32.2. The Kier molecular flexibility index (Phi) is 6.30. The number of carbonyl (C=O) groups is 1. The number of methoxy groups -OCH3 is 1. The van der Waals surface area contributed by atoms with Crippen LogP contribution in [0.3, 0.4) is 0 Å². The maximum absolute atomic E-state index is 15.1. The number of aromatic nitrogens is 2. The predicted molar refractivity (Wildman–Crippen MR) is 117 cm³/mol.